The molecule has 0 amide bonds. The summed E-state index contributed by atoms with van der Waals surface area (Å²) in [5.74, 6) is 1.78. The lowest BCUT2D eigenvalue weighted by Gasteiger charge is -2.28. The molecule has 1 aliphatic carbocycles. The summed E-state index contributed by atoms with van der Waals surface area (Å²) >= 11 is 0. The van der Waals surface area contributed by atoms with E-state index in [0.717, 1.165) is 18.4 Å². The Bertz CT molecular complexity index is 362. The summed E-state index contributed by atoms with van der Waals surface area (Å²) in [6.45, 7) is 3.66. The van der Waals surface area contributed by atoms with Crippen LogP contribution in [0.3, 0.4) is 0 Å². The van der Waals surface area contributed by atoms with Gasteiger partial charge in [-0.2, -0.15) is 0 Å². The Kier molecular flexibility index (Phi) is 3.17. The van der Waals surface area contributed by atoms with Crippen LogP contribution in [0.15, 0.2) is 30.3 Å². The Morgan fingerprint density at radius 1 is 1.06 bits per heavy atom. The molecule has 0 unspecified atom stereocenters. The number of hydrogen-bond acceptors (Lipinski definition) is 2. The second-order valence-electron chi connectivity index (χ2n) is 5.77. The van der Waals surface area contributed by atoms with Crippen LogP contribution >= 0.6 is 0 Å². The fraction of sp³-hybridized carbons (Fsp3) is 0.600. The van der Waals surface area contributed by atoms with E-state index in [-0.39, 0.29) is 0 Å². The van der Waals surface area contributed by atoms with Gasteiger partial charge in [-0.1, -0.05) is 30.3 Å². The van der Waals surface area contributed by atoms with Crippen molar-refractivity contribution in [2.24, 2.45) is 17.6 Å². The van der Waals surface area contributed by atoms with Gasteiger partial charge in [0.05, 0.1) is 0 Å². The zero-order valence-electron chi connectivity index (χ0n) is 10.4. The molecular weight excluding hydrogens is 208 g/mol. The molecule has 2 fully saturated rings. The standard InChI is InChI=1S/C15H22N2/c16-15-7-6-13-10-17(11-14(13)8-15)9-12-4-2-1-3-5-12/h1-5,13-15H,6-11,16H2/t13-,14+,15-/m0/s1. The van der Waals surface area contributed by atoms with Gasteiger partial charge in [-0.3, -0.25) is 4.90 Å². The van der Waals surface area contributed by atoms with Crippen LogP contribution in [-0.2, 0) is 6.54 Å². The van der Waals surface area contributed by atoms with Crippen molar-refractivity contribution in [1.82, 2.24) is 4.90 Å². The molecule has 92 valence electrons. The highest BCUT2D eigenvalue weighted by molar-refractivity contribution is 5.14. The molecule has 2 N–H and O–H groups in total. The molecule has 0 bridgehead atoms. The quantitative estimate of drug-likeness (QED) is 0.844. The smallest absolute Gasteiger partial charge is 0.0233 e. The molecule has 2 heteroatoms. The Labute approximate surface area is 104 Å². The maximum absolute atomic E-state index is 6.07. The van der Waals surface area contributed by atoms with Gasteiger partial charge in [0.25, 0.3) is 0 Å². The molecule has 1 aromatic carbocycles. The minimum atomic E-state index is 0.466. The van der Waals surface area contributed by atoms with Gasteiger partial charge in [-0.05, 0) is 36.7 Å². The fourth-order valence-electron chi connectivity index (χ4n) is 3.54. The predicted molar refractivity (Wildman–Crippen MR) is 70.5 cm³/mol. The van der Waals surface area contributed by atoms with Crippen molar-refractivity contribution >= 4 is 0 Å². The zero-order chi connectivity index (χ0) is 11.7. The molecule has 3 atom stereocenters. The van der Waals surface area contributed by atoms with Crippen LogP contribution in [0.25, 0.3) is 0 Å². The molecule has 1 heterocycles. The number of nitrogens with two attached hydrogens (primary N) is 1. The highest BCUT2D eigenvalue weighted by Gasteiger charge is 2.36. The van der Waals surface area contributed by atoms with E-state index in [9.17, 15) is 0 Å². The SMILES string of the molecule is N[C@H]1CC[C@H]2CN(Cc3ccccc3)C[C@H]2C1. The van der Waals surface area contributed by atoms with E-state index < -0.39 is 0 Å². The summed E-state index contributed by atoms with van der Waals surface area (Å²) in [5, 5.41) is 0. The Morgan fingerprint density at radius 2 is 1.82 bits per heavy atom. The number of hydrogen-bond donors (Lipinski definition) is 1. The van der Waals surface area contributed by atoms with Crippen molar-refractivity contribution in [2.45, 2.75) is 31.8 Å². The van der Waals surface area contributed by atoms with E-state index in [1.807, 2.05) is 0 Å². The molecule has 2 aliphatic rings. The molecule has 1 aromatic rings. The second-order valence-corrected chi connectivity index (χ2v) is 5.77. The molecule has 0 aromatic heterocycles. The minimum absolute atomic E-state index is 0.466. The van der Waals surface area contributed by atoms with Crippen LogP contribution < -0.4 is 5.73 Å². The van der Waals surface area contributed by atoms with Gasteiger partial charge >= 0.3 is 0 Å². The molecule has 1 saturated carbocycles. The summed E-state index contributed by atoms with van der Waals surface area (Å²) in [6, 6.07) is 11.3. The van der Waals surface area contributed by atoms with Gasteiger partial charge in [0, 0.05) is 25.7 Å². The number of benzene rings is 1. The lowest BCUT2D eigenvalue weighted by Crippen LogP contribution is -2.32. The maximum Gasteiger partial charge on any atom is 0.0233 e. The Balaban J connectivity index is 1.60. The van der Waals surface area contributed by atoms with Crippen LogP contribution in [0.4, 0.5) is 0 Å². The summed E-state index contributed by atoms with van der Waals surface area (Å²) in [7, 11) is 0. The third-order valence-electron chi connectivity index (χ3n) is 4.41. The van der Waals surface area contributed by atoms with Gasteiger partial charge in [0.1, 0.15) is 0 Å². The molecule has 3 rings (SSSR count). The van der Waals surface area contributed by atoms with E-state index in [2.05, 4.69) is 35.2 Å². The van der Waals surface area contributed by atoms with Gasteiger partial charge in [0.15, 0.2) is 0 Å². The monoisotopic (exact) mass is 230 g/mol. The van der Waals surface area contributed by atoms with Gasteiger partial charge in [-0.15, -0.1) is 0 Å². The first-order chi connectivity index (χ1) is 8.31. The average molecular weight is 230 g/mol. The van der Waals surface area contributed by atoms with Crippen molar-refractivity contribution in [3.05, 3.63) is 35.9 Å². The number of rotatable bonds is 2. The van der Waals surface area contributed by atoms with Gasteiger partial charge in [-0.25, -0.2) is 0 Å². The first kappa shape index (κ1) is 11.2. The van der Waals surface area contributed by atoms with E-state index >= 15 is 0 Å². The van der Waals surface area contributed by atoms with Gasteiger partial charge in [0.2, 0.25) is 0 Å². The first-order valence-electron chi connectivity index (χ1n) is 6.83. The van der Waals surface area contributed by atoms with Crippen LogP contribution in [0.2, 0.25) is 0 Å². The minimum Gasteiger partial charge on any atom is -0.328 e. The maximum atomic E-state index is 6.07. The van der Waals surface area contributed by atoms with Crippen LogP contribution in [0.1, 0.15) is 24.8 Å². The largest absolute Gasteiger partial charge is 0.328 e. The highest BCUT2D eigenvalue weighted by Crippen LogP contribution is 2.36. The molecule has 0 spiro atoms. The van der Waals surface area contributed by atoms with Crippen molar-refractivity contribution < 1.29 is 0 Å². The van der Waals surface area contributed by atoms with E-state index in [1.165, 1.54) is 37.9 Å². The van der Waals surface area contributed by atoms with E-state index in [0.29, 0.717) is 6.04 Å². The predicted octanol–water partition coefficient (Wildman–Crippen LogP) is 2.25. The van der Waals surface area contributed by atoms with E-state index in [4.69, 9.17) is 5.73 Å². The number of likely N-dealkylation sites (tertiary alicyclic amines) is 1. The first-order valence-corrected chi connectivity index (χ1v) is 6.83. The van der Waals surface area contributed by atoms with Crippen LogP contribution in [0, 0.1) is 11.8 Å². The lowest BCUT2D eigenvalue weighted by atomic mass is 9.79. The summed E-state index contributed by atoms with van der Waals surface area (Å²) in [6.07, 6.45) is 3.83. The third kappa shape index (κ3) is 2.53. The summed E-state index contributed by atoms with van der Waals surface area (Å²) in [5.41, 5.74) is 7.51. The van der Waals surface area contributed by atoms with Gasteiger partial charge < -0.3 is 5.73 Å². The molecule has 2 nitrogen and oxygen atoms in total. The number of nitrogens with zero attached hydrogens (tertiary/aromatic N) is 1. The third-order valence-corrected chi connectivity index (χ3v) is 4.41. The Hall–Kier alpha value is -0.860. The summed E-state index contributed by atoms with van der Waals surface area (Å²) < 4.78 is 0. The molecular formula is C15H22N2. The topological polar surface area (TPSA) is 29.3 Å². The zero-order valence-corrected chi connectivity index (χ0v) is 10.4. The fourth-order valence-corrected chi connectivity index (χ4v) is 3.54. The lowest BCUT2D eigenvalue weighted by molar-refractivity contribution is 0.271. The molecule has 1 saturated heterocycles. The van der Waals surface area contributed by atoms with E-state index in [1.54, 1.807) is 0 Å². The second kappa shape index (κ2) is 4.79. The van der Waals surface area contributed by atoms with Crippen molar-refractivity contribution in [3.8, 4) is 0 Å². The van der Waals surface area contributed by atoms with Crippen LogP contribution in [0.5, 0.6) is 0 Å². The highest BCUT2D eigenvalue weighted by atomic mass is 15.2. The average Bonchev–Trinajstić information content (AvgIpc) is 2.71. The normalized spacial score (nSPS) is 33.6. The number of fused-ring (bicyclic) bond motifs is 1. The molecule has 1 aliphatic heterocycles. The van der Waals surface area contributed by atoms with Crippen molar-refractivity contribution in [2.75, 3.05) is 13.1 Å². The molecule has 17 heavy (non-hydrogen) atoms. The van der Waals surface area contributed by atoms with Crippen molar-refractivity contribution in [3.63, 3.8) is 0 Å². The van der Waals surface area contributed by atoms with Crippen LogP contribution in [-0.4, -0.2) is 24.0 Å². The molecule has 0 radical (unpaired) electrons. The summed E-state index contributed by atoms with van der Waals surface area (Å²) in [4.78, 5) is 2.61. The Morgan fingerprint density at radius 3 is 2.65 bits per heavy atom. The van der Waals surface area contributed by atoms with Crippen molar-refractivity contribution in [1.29, 1.82) is 0 Å².